The number of urea groups is 1. The molecular weight excluding hydrogens is 322 g/mol. The number of amides is 2. The number of likely N-dealkylation sites (tertiary alicyclic amines) is 2. The number of nitrogens with one attached hydrogen (secondary N) is 1. The van der Waals surface area contributed by atoms with Gasteiger partial charge in [-0.2, -0.15) is 0 Å². The Bertz CT molecular complexity index is 740. The van der Waals surface area contributed by atoms with Crippen LogP contribution >= 0.6 is 0 Å². The Hall–Kier alpha value is -2.33. The van der Waals surface area contributed by atoms with E-state index in [2.05, 4.69) is 40.5 Å². The lowest BCUT2D eigenvalue weighted by atomic mass is 10.0. The summed E-state index contributed by atoms with van der Waals surface area (Å²) in [4.78, 5) is 17.3. The molecule has 1 N–H and O–H groups in total. The van der Waals surface area contributed by atoms with Crippen molar-refractivity contribution in [2.45, 2.75) is 31.7 Å². The van der Waals surface area contributed by atoms with Gasteiger partial charge in [0.2, 0.25) is 0 Å². The van der Waals surface area contributed by atoms with E-state index in [0.717, 1.165) is 37.2 Å². The molecule has 136 valence electrons. The van der Waals surface area contributed by atoms with Crippen molar-refractivity contribution in [3.05, 3.63) is 65.7 Å². The van der Waals surface area contributed by atoms with Gasteiger partial charge in [-0.05, 0) is 56.0 Å². The van der Waals surface area contributed by atoms with Gasteiger partial charge in [0.05, 0.1) is 0 Å². The maximum Gasteiger partial charge on any atom is 0.321 e. The van der Waals surface area contributed by atoms with Crippen LogP contribution in [0.3, 0.4) is 0 Å². The summed E-state index contributed by atoms with van der Waals surface area (Å²) < 4.78 is 0. The normalized spacial score (nSPS) is 20.5. The monoisotopic (exact) mass is 349 g/mol. The molecule has 0 bridgehead atoms. The Balaban J connectivity index is 1.40. The number of carbonyl (C=O) groups is 1. The average Bonchev–Trinajstić information content (AvgIpc) is 3.36. The van der Waals surface area contributed by atoms with E-state index in [4.69, 9.17) is 0 Å². The molecule has 2 heterocycles. The van der Waals surface area contributed by atoms with Crippen LogP contribution < -0.4 is 5.32 Å². The number of carbonyl (C=O) groups excluding carboxylic acids is 1. The van der Waals surface area contributed by atoms with E-state index < -0.39 is 0 Å². The molecule has 0 aromatic heterocycles. The minimum Gasteiger partial charge on any atom is -0.323 e. The molecule has 2 saturated heterocycles. The van der Waals surface area contributed by atoms with E-state index in [0.29, 0.717) is 6.04 Å². The van der Waals surface area contributed by atoms with Crippen LogP contribution in [0.5, 0.6) is 0 Å². The second kappa shape index (κ2) is 7.92. The molecule has 4 heteroatoms. The zero-order valence-corrected chi connectivity index (χ0v) is 15.2. The summed E-state index contributed by atoms with van der Waals surface area (Å²) in [6, 6.07) is 19.1. The molecule has 2 fully saturated rings. The number of anilines is 1. The Labute approximate surface area is 155 Å². The SMILES string of the molecule is O=C(Nc1ccccc1Cc1ccccc1)N1CC[C@H](N2CCCC2)C1. The third-order valence-corrected chi connectivity index (χ3v) is 5.60. The number of nitrogens with zero attached hydrogens (tertiary/aromatic N) is 2. The lowest BCUT2D eigenvalue weighted by Gasteiger charge is -2.24. The summed E-state index contributed by atoms with van der Waals surface area (Å²) in [6.45, 7) is 4.10. The van der Waals surface area contributed by atoms with Gasteiger partial charge in [0.25, 0.3) is 0 Å². The van der Waals surface area contributed by atoms with Crippen LogP contribution in [-0.4, -0.2) is 48.1 Å². The molecule has 2 aliphatic rings. The molecule has 4 rings (SSSR count). The number of benzene rings is 2. The highest BCUT2D eigenvalue weighted by Crippen LogP contribution is 2.23. The minimum absolute atomic E-state index is 0.0345. The van der Waals surface area contributed by atoms with E-state index in [1.54, 1.807) is 0 Å². The zero-order valence-electron chi connectivity index (χ0n) is 15.2. The van der Waals surface area contributed by atoms with Crippen molar-refractivity contribution in [1.82, 2.24) is 9.80 Å². The maximum atomic E-state index is 12.8. The molecule has 0 spiro atoms. The van der Waals surface area contributed by atoms with Gasteiger partial charge in [0.15, 0.2) is 0 Å². The topological polar surface area (TPSA) is 35.6 Å². The lowest BCUT2D eigenvalue weighted by molar-refractivity contribution is 0.210. The molecule has 2 aromatic carbocycles. The Morgan fingerprint density at radius 2 is 1.69 bits per heavy atom. The highest BCUT2D eigenvalue weighted by molar-refractivity contribution is 5.90. The predicted molar refractivity (Wildman–Crippen MR) is 105 cm³/mol. The number of hydrogen-bond acceptors (Lipinski definition) is 2. The van der Waals surface area contributed by atoms with Crippen LogP contribution in [0.2, 0.25) is 0 Å². The van der Waals surface area contributed by atoms with Crippen LogP contribution in [0.1, 0.15) is 30.4 Å². The van der Waals surface area contributed by atoms with Gasteiger partial charge < -0.3 is 10.2 Å². The molecule has 2 aliphatic heterocycles. The van der Waals surface area contributed by atoms with Crippen LogP contribution in [0.25, 0.3) is 0 Å². The standard InChI is InChI=1S/C22H27N3O/c26-22(25-15-12-20(17-25)24-13-6-7-14-24)23-21-11-5-4-10-19(21)16-18-8-2-1-3-9-18/h1-5,8-11,20H,6-7,12-17H2,(H,23,26)/t20-/m0/s1. The Morgan fingerprint density at radius 1 is 0.962 bits per heavy atom. The number of rotatable bonds is 4. The summed E-state index contributed by atoms with van der Waals surface area (Å²) in [5.74, 6) is 0. The van der Waals surface area contributed by atoms with Crippen molar-refractivity contribution in [3.8, 4) is 0 Å². The summed E-state index contributed by atoms with van der Waals surface area (Å²) in [6.07, 6.45) is 4.53. The molecule has 26 heavy (non-hydrogen) atoms. The average molecular weight is 349 g/mol. The third kappa shape index (κ3) is 3.91. The number of para-hydroxylation sites is 1. The van der Waals surface area contributed by atoms with Crippen molar-refractivity contribution in [2.24, 2.45) is 0 Å². The Morgan fingerprint density at radius 3 is 2.50 bits per heavy atom. The fourth-order valence-corrected chi connectivity index (χ4v) is 4.14. The molecule has 2 amide bonds. The zero-order chi connectivity index (χ0) is 17.8. The van der Waals surface area contributed by atoms with Gasteiger partial charge in [-0.25, -0.2) is 4.79 Å². The summed E-state index contributed by atoms with van der Waals surface area (Å²) in [7, 11) is 0. The fourth-order valence-electron chi connectivity index (χ4n) is 4.14. The van der Waals surface area contributed by atoms with Crippen molar-refractivity contribution in [2.75, 3.05) is 31.5 Å². The highest BCUT2D eigenvalue weighted by atomic mass is 16.2. The van der Waals surface area contributed by atoms with Crippen molar-refractivity contribution < 1.29 is 4.79 Å². The molecule has 1 atom stereocenters. The van der Waals surface area contributed by atoms with Gasteiger partial charge in [0, 0.05) is 24.8 Å². The first-order chi connectivity index (χ1) is 12.8. The molecule has 4 nitrogen and oxygen atoms in total. The van der Waals surface area contributed by atoms with E-state index in [1.165, 1.54) is 31.5 Å². The highest BCUT2D eigenvalue weighted by Gasteiger charge is 2.31. The molecule has 0 saturated carbocycles. The van der Waals surface area contributed by atoms with Crippen LogP contribution in [0.4, 0.5) is 10.5 Å². The van der Waals surface area contributed by atoms with Gasteiger partial charge in [-0.15, -0.1) is 0 Å². The van der Waals surface area contributed by atoms with Gasteiger partial charge in [-0.1, -0.05) is 48.5 Å². The third-order valence-electron chi connectivity index (χ3n) is 5.60. The van der Waals surface area contributed by atoms with Gasteiger partial charge >= 0.3 is 6.03 Å². The van der Waals surface area contributed by atoms with Crippen LogP contribution in [0.15, 0.2) is 54.6 Å². The van der Waals surface area contributed by atoms with E-state index in [-0.39, 0.29) is 6.03 Å². The minimum atomic E-state index is 0.0345. The maximum absolute atomic E-state index is 12.8. The largest absolute Gasteiger partial charge is 0.323 e. The molecule has 0 aliphatic carbocycles. The Kier molecular flexibility index (Phi) is 5.21. The summed E-state index contributed by atoms with van der Waals surface area (Å²) in [5.41, 5.74) is 3.33. The second-order valence-electron chi connectivity index (χ2n) is 7.38. The number of hydrogen-bond donors (Lipinski definition) is 1. The molecule has 0 radical (unpaired) electrons. The molecule has 2 aromatic rings. The van der Waals surface area contributed by atoms with Crippen LogP contribution in [-0.2, 0) is 6.42 Å². The molecule has 0 unspecified atom stereocenters. The molecular formula is C22H27N3O. The van der Waals surface area contributed by atoms with Crippen molar-refractivity contribution in [1.29, 1.82) is 0 Å². The first-order valence-corrected chi connectivity index (χ1v) is 9.71. The van der Waals surface area contributed by atoms with E-state index in [9.17, 15) is 4.79 Å². The smallest absolute Gasteiger partial charge is 0.321 e. The lowest BCUT2D eigenvalue weighted by Crippen LogP contribution is -2.38. The van der Waals surface area contributed by atoms with Gasteiger partial charge in [-0.3, -0.25) is 4.90 Å². The summed E-state index contributed by atoms with van der Waals surface area (Å²) >= 11 is 0. The van der Waals surface area contributed by atoms with Crippen LogP contribution in [0, 0.1) is 0 Å². The fraction of sp³-hybridized carbons (Fsp3) is 0.409. The first-order valence-electron chi connectivity index (χ1n) is 9.71. The van der Waals surface area contributed by atoms with Gasteiger partial charge in [0.1, 0.15) is 0 Å². The second-order valence-corrected chi connectivity index (χ2v) is 7.38. The quantitative estimate of drug-likeness (QED) is 0.906. The van der Waals surface area contributed by atoms with E-state index in [1.807, 2.05) is 29.2 Å². The summed E-state index contributed by atoms with van der Waals surface area (Å²) in [5, 5.41) is 3.15. The predicted octanol–water partition coefficient (Wildman–Crippen LogP) is 3.98. The first kappa shape index (κ1) is 17.1. The van der Waals surface area contributed by atoms with E-state index >= 15 is 0 Å². The van der Waals surface area contributed by atoms with Crippen molar-refractivity contribution in [3.63, 3.8) is 0 Å². The van der Waals surface area contributed by atoms with Crippen molar-refractivity contribution >= 4 is 11.7 Å².